The van der Waals surface area contributed by atoms with Gasteiger partial charge in [-0.25, -0.2) is 4.98 Å². The van der Waals surface area contributed by atoms with Gasteiger partial charge in [-0.15, -0.1) is 0 Å². The van der Waals surface area contributed by atoms with E-state index in [1.807, 2.05) is 0 Å². The summed E-state index contributed by atoms with van der Waals surface area (Å²) >= 11 is 0. The Morgan fingerprint density at radius 1 is 1.21 bits per heavy atom. The summed E-state index contributed by atoms with van der Waals surface area (Å²) in [6.07, 6.45) is 3.93. The van der Waals surface area contributed by atoms with E-state index in [4.69, 9.17) is 0 Å². The minimum atomic E-state index is -0.0913. The third-order valence-electron chi connectivity index (χ3n) is 2.80. The number of aromatic nitrogens is 6. The monoisotopic (exact) mass is 262 g/mol. The van der Waals surface area contributed by atoms with Crippen molar-refractivity contribution in [3.63, 3.8) is 0 Å². The summed E-state index contributed by atoms with van der Waals surface area (Å²) in [7, 11) is 1.76. The molecular formula is C11H18N8. The molecule has 2 aromatic rings. The molecule has 0 aliphatic heterocycles. The quantitative estimate of drug-likeness (QED) is 0.833. The van der Waals surface area contributed by atoms with E-state index in [0.717, 1.165) is 6.42 Å². The lowest BCUT2D eigenvalue weighted by Gasteiger charge is -2.24. The van der Waals surface area contributed by atoms with Crippen molar-refractivity contribution < 1.29 is 0 Å². The molecule has 0 fully saturated rings. The molecule has 19 heavy (non-hydrogen) atoms. The van der Waals surface area contributed by atoms with Gasteiger partial charge in [0.2, 0.25) is 11.9 Å². The second kappa shape index (κ2) is 5.17. The molecule has 0 aromatic carbocycles. The summed E-state index contributed by atoms with van der Waals surface area (Å²) in [5.41, 5.74) is -0.0913. The van der Waals surface area contributed by atoms with Gasteiger partial charge in [0, 0.05) is 12.6 Å². The molecule has 0 amide bonds. The molecule has 0 atom stereocenters. The van der Waals surface area contributed by atoms with E-state index in [2.05, 4.69) is 56.4 Å². The lowest BCUT2D eigenvalue weighted by molar-refractivity contribution is 0.541. The third-order valence-corrected chi connectivity index (χ3v) is 2.80. The molecule has 102 valence electrons. The molecule has 0 aliphatic rings. The molecule has 8 heteroatoms. The maximum Gasteiger partial charge on any atom is 0.258 e. The van der Waals surface area contributed by atoms with E-state index in [1.165, 1.54) is 11.0 Å². The van der Waals surface area contributed by atoms with Gasteiger partial charge in [0.15, 0.2) is 0 Å². The second-order valence-electron chi connectivity index (χ2n) is 4.74. The van der Waals surface area contributed by atoms with E-state index in [-0.39, 0.29) is 5.54 Å². The van der Waals surface area contributed by atoms with Gasteiger partial charge in [-0.1, -0.05) is 6.92 Å². The molecule has 0 spiro atoms. The largest absolute Gasteiger partial charge is 0.357 e. The van der Waals surface area contributed by atoms with Crippen LogP contribution in [0.15, 0.2) is 12.7 Å². The number of anilines is 2. The molecule has 0 unspecified atom stereocenters. The topological polar surface area (TPSA) is 93.4 Å². The highest BCUT2D eigenvalue weighted by molar-refractivity contribution is 5.38. The first-order chi connectivity index (χ1) is 9.04. The van der Waals surface area contributed by atoms with E-state index in [0.29, 0.717) is 17.8 Å². The summed E-state index contributed by atoms with van der Waals surface area (Å²) in [4.78, 5) is 16.8. The Labute approximate surface area is 111 Å². The molecule has 2 rings (SSSR count). The van der Waals surface area contributed by atoms with Crippen LogP contribution in [0.1, 0.15) is 27.2 Å². The maximum absolute atomic E-state index is 4.34. The number of hydrogen-bond acceptors (Lipinski definition) is 7. The van der Waals surface area contributed by atoms with Crippen molar-refractivity contribution in [1.82, 2.24) is 29.7 Å². The minimum absolute atomic E-state index is 0.0913. The summed E-state index contributed by atoms with van der Waals surface area (Å²) in [6, 6.07) is 0. The molecule has 2 N–H and O–H groups in total. The fourth-order valence-corrected chi connectivity index (χ4v) is 1.34. The lowest BCUT2D eigenvalue weighted by atomic mass is 10.0. The van der Waals surface area contributed by atoms with Gasteiger partial charge in [0.25, 0.3) is 5.95 Å². The van der Waals surface area contributed by atoms with Crippen LogP contribution in [0.4, 0.5) is 11.9 Å². The number of hydrogen-bond donors (Lipinski definition) is 2. The molecular weight excluding hydrogens is 244 g/mol. The molecule has 0 saturated heterocycles. The second-order valence-corrected chi connectivity index (χ2v) is 4.74. The zero-order valence-corrected chi connectivity index (χ0v) is 11.5. The Balaban J connectivity index is 2.37. The Bertz CT molecular complexity index is 534. The lowest BCUT2D eigenvalue weighted by Crippen LogP contribution is -2.31. The fraction of sp³-hybridized carbons (Fsp3) is 0.545. The van der Waals surface area contributed by atoms with Gasteiger partial charge < -0.3 is 10.6 Å². The van der Waals surface area contributed by atoms with Crippen molar-refractivity contribution in [2.45, 2.75) is 32.7 Å². The number of nitrogens with one attached hydrogen (secondary N) is 2. The molecule has 2 aromatic heterocycles. The summed E-state index contributed by atoms with van der Waals surface area (Å²) < 4.78 is 1.49. The van der Waals surface area contributed by atoms with E-state index < -0.39 is 0 Å². The summed E-state index contributed by atoms with van der Waals surface area (Å²) in [5, 5.41) is 10.2. The smallest absolute Gasteiger partial charge is 0.258 e. The Morgan fingerprint density at radius 2 is 1.95 bits per heavy atom. The van der Waals surface area contributed by atoms with Gasteiger partial charge in [0.05, 0.1) is 0 Å². The molecule has 2 heterocycles. The van der Waals surface area contributed by atoms with Gasteiger partial charge >= 0.3 is 0 Å². The van der Waals surface area contributed by atoms with Crippen molar-refractivity contribution in [3.8, 4) is 5.95 Å². The van der Waals surface area contributed by atoms with Crippen LogP contribution in [-0.2, 0) is 0 Å². The number of nitrogens with zero attached hydrogens (tertiary/aromatic N) is 6. The average Bonchev–Trinajstić information content (AvgIpc) is 2.91. The Morgan fingerprint density at radius 3 is 2.53 bits per heavy atom. The predicted octanol–water partition coefficient (Wildman–Crippen LogP) is 1.09. The zero-order chi connectivity index (χ0) is 13.9. The van der Waals surface area contributed by atoms with Crippen molar-refractivity contribution in [3.05, 3.63) is 12.7 Å². The highest BCUT2D eigenvalue weighted by Crippen LogP contribution is 2.16. The minimum Gasteiger partial charge on any atom is -0.357 e. The van der Waals surface area contributed by atoms with Gasteiger partial charge in [0.1, 0.15) is 12.7 Å². The van der Waals surface area contributed by atoms with Crippen molar-refractivity contribution in [2.75, 3.05) is 17.7 Å². The van der Waals surface area contributed by atoms with Crippen LogP contribution in [0.2, 0.25) is 0 Å². The van der Waals surface area contributed by atoms with Crippen LogP contribution in [-0.4, -0.2) is 42.3 Å². The molecule has 0 bridgehead atoms. The zero-order valence-electron chi connectivity index (χ0n) is 11.5. The maximum atomic E-state index is 4.34. The third kappa shape index (κ3) is 3.15. The SMILES string of the molecule is CCC(C)(C)Nc1nc(NC)nc(-n2cncn2)n1. The molecule has 0 saturated carbocycles. The van der Waals surface area contributed by atoms with Gasteiger partial charge in [-0.2, -0.15) is 24.7 Å². The van der Waals surface area contributed by atoms with Crippen LogP contribution < -0.4 is 10.6 Å². The highest BCUT2D eigenvalue weighted by atomic mass is 15.4. The molecule has 0 aliphatic carbocycles. The predicted molar refractivity (Wildman–Crippen MR) is 72.3 cm³/mol. The highest BCUT2D eigenvalue weighted by Gasteiger charge is 2.17. The van der Waals surface area contributed by atoms with Gasteiger partial charge in [-0.05, 0) is 20.3 Å². The van der Waals surface area contributed by atoms with Crippen LogP contribution in [0.5, 0.6) is 0 Å². The first kappa shape index (κ1) is 13.2. The summed E-state index contributed by atoms with van der Waals surface area (Å²) in [5.74, 6) is 1.41. The van der Waals surface area contributed by atoms with E-state index >= 15 is 0 Å². The average molecular weight is 262 g/mol. The molecule has 8 nitrogen and oxygen atoms in total. The van der Waals surface area contributed by atoms with Crippen LogP contribution in [0.25, 0.3) is 5.95 Å². The summed E-state index contributed by atoms with van der Waals surface area (Å²) in [6.45, 7) is 6.28. The van der Waals surface area contributed by atoms with Crippen molar-refractivity contribution >= 4 is 11.9 Å². The Hall–Kier alpha value is -2.25. The van der Waals surface area contributed by atoms with Crippen molar-refractivity contribution in [1.29, 1.82) is 0 Å². The van der Waals surface area contributed by atoms with Crippen molar-refractivity contribution in [2.24, 2.45) is 0 Å². The number of rotatable bonds is 5. The first-order valence-electron chi connectivity index (χ1n) is 6.11. The fourth-order valence-electron chi connectivity index (χ4n) is 1.34. The Kier molecular flexibility index (Phi) is 3.59. The van der Waals surface area contributed by atoms with Crippen LogP contribution in [0, 0.1) is 0 Å². The van der Waals surface area contributed by atoms with Gasteiger partial charge in [-0.3, -0.25) is 0 Å². The van der Waals surface area contributed by atoms with Crippen LogP contribution >= 0.6 is 0 Å². The van der Waals surface area contributed by atoms with E-state index in [9.17, 15) is 0 Å². The molecule has 0 radical (unpaired) electrons. The normalized spacial score (nSPS) is 11.4. The first-order valence-corrected chi connectivity index (χ1v) is 6.11. The standard InChI is InChI=1S/C11H18N8/c1-5-11(2,3)18-9-15-8(12-4)16-10(17-9)19-7-13-6-14-19/h6-7H,5H2,1-4H3,(H2,12,15,16,17,18). The van der Waals surface area contributed by atoms with Crippen LogP contribution in [0.3, 0.4) is 0 Å². The van der Waals surface area contributed by atoms with E-state index in [1.54, 1.807) is 13.4 Å².